The summed E-state index contributed by atoms with van der Waals surface area (Å²) < 4.78 is 0. The number of carbonyl (C=O) groups excluding carboxylic acids is 1. The third-order valence-corrected chi connectivity index (χ3v) is 5.61. The van der Waals surface area contributed by atoms with Gasteiger partial charge in [-0.05, 0) is 55.8 Å². The summed E-state index contributed by atoms with van der Waals surface area (Å²) in [5.74, 6) is 0.704. The number of fused-ring (bicyclic) bond motifs is 1. The van der Waals surface area contributed by atoms with Gasteiger partial charge in [-0.2, -0.15) is 0 Å². The highest BCUT2D eigenvalue weighted by Gasteiger charge is 2.23. The number of likely N-dealkylation sites (tertiary alicyclic amines) is 1. The second-order valence-corrected chi connectivity index (χ2v) is 7.80. The van der Waals surface area contributed by atoms with E-state index in [1.807, 2.05) is 12.1 Å². The van der Waals surface area contributed by atoms with E-state index in [9.17, 15) is 4.79 Å². The highest BCUT2D eigenvalue weighted by atomic mass is 35.5. The summed E-state index contributed by atoms with van der Waals surface area (Å²) in [6, 6.07) is 7.29. The van der Waals surface area contributed by atoms with Crippen molar-refractivity contribution < 1.29 is 4.79 Å². The first-order valence-corrected chi connectivity index (χ1v) is 9.92. The Kier molecular flexibility index (Phi) is 5.48. The quantitative estimate of drug-likeness (QED) is 0.768. The molecule has 0 radical (unpaired) electrons. The summed E-state index contributed by atoms with van der Waals surface area (Å²) in [7, 11) is 0. The number of Topliss-reactive ketones (excluding diaryl/α,β-unsaturated/α-hetero) is 1. The lowest BCUT2D eigenvalue weighted by Crippen LogP contribution is -2.35. The largest absolute Gasteiger partial charge is 0.365 e. The van der Waals surface area contributed by atoms with Crippen LogP contribution in [0.15, 0.2) is 24.3 Å². The molecule has 1 aromatic heterocycles. The predicted octanol–water partition coefficient (Wildman–Crippen LogP) is 3.49. The van der Waals surface area contributed by atoms with Gasteiger partial charge in [-0.1, -0.05) is 23.2 Å². The van der Waals surface area contributed by atoms with E-state index in [-0.39, 0.29) is 5.78 Å². The van der Waals surface area contributed by atoms with E-state index in [4.69, 9.17) is 23.2 Å². The molecule has 3 heterocycles. The molecule has 0 spiro atoms. The van der Waals surface area contributed by atoms with Crippen molar-refractivity contribution in [1.82, 2.24) is 15.1 Å². The average Bonchev–Trinajstić information content (AvgIpc) is 3.17. The summed E-state index contributed by atoms with van der Waals surface area (Å²) >= 11 is 12.5. The number of nitrogens with one attached hydrogen (secondary N) is 1. The van der Waals surface area contributed by atoms with Crippen LogP contribution >= 0.6 is 23.2 Å². The van der Waals surface area contributed by atoms with Gasteiger partial charge >= 0.3 is 0 Å². The second-order valence-electron chi connectivity index (χ2n) is 6.95. The highest BCUT2D eigenvalue weighted by molar-refractivity contribution is 6.33. The Morgan fingerprint density at radius 1 is 1.11 bits per heavy atom. The van der Waals surface area contributed by atoms with Crippen LogP contribution in [0.5, 0.6) is 0 Å². The van der Waals surface area contributed by atoms with E-state index >= 15 is 0 Å². The zero-order valence-electron chi connectivity index (χ0n) is 14.9. The monoisotopic (exact) mass is 405 g/mol. The Hall–Kier alpha value is -1.89. The molecular weight excluding hydrogens is 385 g/mol. The number of nitrogens with zero attached hydrogens (tertiary/aromatic N) is 4. The normalized spacial score (nSPS) is 16.9. The molecule has 2 aliphatic heterocycles. The van der Waals surface area contributed by atoms with Crippen molar-refractivity contribution in [3.8, 4) is 0 Å². The van der Waals surface area contributed by atoms with E-state index in [1.165, 1.54) is 0 Å². The Morgan fingerprint density at radius 2 is 1.93 bits per heavy atom. The van der Waals surface area contributed by atoms with Crippen molar-refractivity contribution in [2.45, 2.75) is 19.4 Å². The van der Waals surface area contributed by atoms with E-state index in [1.54, 1.807) is 12.1 Å². The Labute approximate surface area is 168 Å². The molecule has 0 saturated carbocycles. The van der Waals surface area contributed by atoms with Crippen molar-refractivity contribution in [2.75, 3.05) is 42.9 Å². The summed E-state index contributed by atoms with van der Waals surface area (Å²) in [5, 5.41) is 13.0. The maximum absolute atomic E-state index is 12.6. The number of ketones is 1. The number of carbonyl (C=O) groups is 1. The minimum Gasteiger partial charge on any atom is -0.365 e. The fourth-order valence-corrected chi connectivity index (χ4v) is 3.95. The lowest BCUT2D eigenvalue weighted by atomic mass is 10.1. The first-order valence-electron chi connectivity index (χ1n) is 9.16. The molecule has 142 valence electrons. The number of hydrogen-bond donors (Lipinski definition) is 1. The van der Waals surface area contributed by atoms with Crippen molar-refractivity contribution in [3.05, 3.63) is 45.6 Å². The molecule has 0 unspecified atom stereocenters. The van der Waals surface area contributed by atoms with Crippen LogP contribution in [0.4, 0.5) is 11.5 Å². The fourth-order valence-electron chi connectivity index (χ4n) is 3.57. The van der Waals surface area contributed by atoms with Crippen molar-refractivity contribution in [1.29, 1.82) is 0 Å². The van der Waals surface area contributed by atoms with E-state index in [2.05, 4.69) is 25.3 Å². The van der Waals surface area contributed by atoms with E-state index in [0.29, 0.717) is 34.6 Å². The van der Waals surface area contributed by atoms with Crippen LogP contribution in [0.1, 0.15) is 28.9 Å². The molecule has 1 N–H and O–H groups in total. The maximum atomic E-state index is 12.6. The molecule has 4 rings (SSSR count). The number of hydrogen-bond acceptors (Lipinski definition) is 6. The van der Waals surface area contributed by atoms with Crippen LogP contribution in [0.3, 0.4) is 0 Å². The number of anilines is 2. The van der Waals surface area contributed by atoms with Gasteiger partial charge in [0.25, 0.3) is 0 Å². The first-order chi connectivity index (χ1) is 13.1. The van der Waals surface area contributed by atoms with Crippen LogP contribution < -0.4 is 10.2 Å². The minimum atomic E-state index is 0.0125. The van der Waals surface area contributed by atoms with Gasteiger partial charge in [0, 0.05) is 29.7 Å². The first kappa shape index (κ1) is 18.5. The Balaban J connectivity index is 1.57. The molecule has 1 fully saturated rings. The van der Waals surface area contributed by atoms with Gasteiger partial charge < -0.3 is 10.2 Å². The van der Waals surface area contributed by atoms with Crippen LogP contribution in [-0.2, 0) is 6.54 Å². The van der Waals surface area contributed by atoms with Crippen molar-refractivity contribution in [3.63, 3.8) is 0 Å². The zero-order chi connectivity index (χ0) is 18.8. The van der Waals surface area contributed by atoms with E-state index < -0.39 is 0 Å². The van der Waals surface area contributed by atoms with Gasteiger partial charge in [-0.3, -0.25) is 9.69 Å². The summed E-state index contributed by atoms with van der Waals surface area (Å²) in [5.41, 5.74) is 2.22. The lowest BCUT2D eigenvalue weighted by molar-refractivity contribution is 0.0939. The number of rotatable bonds is 5. The predicted molar refractivity (Wildman–Crippen MR) is 108 cm³/mol. The van der Waals surface area contributed by atoms with Gasteiger partial charge in [-0.15, -0.1) is 10.2 Å². The molecule has 1 saturated heterocycles. The highest BCUT2D eigenvalue weighted by Crippen LogP contribution is 2.30. The number of halogens is 2. The summed E-state index contributed by atoms with van der Waals surface area (Å²) in [4.78, 5) is 17.0. The van der Waals surface area contributed by atoms with Crippen LogP contribution in [-0.4, -0.2) is 53.6 Å². The van der Waals surface area contributed by atoms with Gasteiger partial charge in [-0.25, -0.2) is 0 Å². The van der Waals surface area contributed by atoms with Gasteiger partial charge in [0.05, 0.1) is 12.2 Å². The molecule has 0 aliphatic carbocycles. The van der Waals surface area contributed by atoms with Gasteiger partial charge in [0.15, 0.2) is 11.6 Å². The lowest BCUT2D eigenvalue weighted by Gasteiger charge is -2.31. The topological polar surface area (TPSA) is 61.4 Å². The molecule has 2 aliphatic rings. The van der Waals surface area contributed by atoms with Crippen molar-refractivity contribution in [2.24, 2.45) is 0 Å². The second kappa shape index (κ2) is 8.00. The molecule has 0 amide bonds. The van der Waals surface area contributed by atoms with Crippen LogP contribution in [0, 0.1) is 0 Å². The SMILES string of the molecule is O=C(CN1CCCC1)c1cc2c(nn1)NCCN2Cc1cc(Cl)ccc1Cl. The van der Waals surface area contributed by atoms with Crippen LogP contribution in [0.2, 0.25) is 10.0 Å². The Bertz CT molecular complexity index is 854. The summed E-state index contributed by atoms with van der Waals surface area (Å²) in [6.07, 6.45) is 2.31. The molecule has 1 aromatic carbocycles. The fraction of sp³-hybridized carbons (Fsp3) is 0.421. The molecule has 0 atom stereocenters. The third-order valence-electron chi connectivity index (χ3n) is 5.01. The molecule has 2 aromatic rings. The Morgan fingerprint density at radius 3 is 2.74 bits per heavy atom. The number of aromatic nitrogens is 2. The number of benzene rings is 1. The van der Waals surface area contributed by atoms with Crippen molar-refractivity contribution >= 4 is 40.5 Å². The third kappa shape index (κ3) is 4.18. The molecular formula is C19H21Cl2N5O. The minimum absolute atomic E-state index is 0.0125. The van der Waals surface area contributed by atoms with E-state index in [0.717, 1.165) is 50.3 Å². The maximum Gasteiger partial charge on any atom is 0.197 e. The molecule has 0 bridgehead atoms. The average molecular weight is 406 g/mol. The standard InChI is InChI=1S/C19H21Cl2N5O/c20-14-3-4-15(21)13(9-14)11-26-8-5-22-19-17(26)10-16(23-24-19)18(27)12-25-6-1-2-7-25/h3-4,9-10H,1-2,5-8,11-12H2,(H,22,24). The van der Waals surface area contributed by atoms with Crippen LogP contribution in [0.25, 0.3) is 0 Å². The zero-order valence-corrected chi connectivity index (χ0v) is 16.4. The molecule has 6 nitrogen and oxygen atoms in total. The van der Waals surface area contributed by atoms with Gasteiger partial charge in [0.2, 0.25) is 0 Å². The summed E-state index contributed by atoms with van der Waals surface area (Å²) in [6.45, 7) is 4.48. The molecule has 8 heteroatoms. The van der Waals surface area contributed by atoms with Gasteiger partial charge in [0.1, 0.15) is 5.69 Å². The molecule has 27 heavy (non-hydrogen) atoms. The smallest absolute Gasteiger partial charge is 0.197 e.